The molecular formula is C24H25ClN6O3. The van der Waals surface area contributed by atoms with E-state index in [4.69, 9.17) is 23.1 Å². The lowest BCUT2D eigenvalue weighted by Crippen LogP contribution is -2.39. The van der Waals surface area contributed by atoms with Crippen LogP contribution in [0.5, 0.6) is 0 Å². The molecule has 10 heteroatoms. The van der Waals surface area contributed by atoms with Crippen LogP contribution in [-0.2, 0) is 11.2 Å². The predicted molar refractivity (Wildman–Crippen MR) is 130 cm³/mol. The van der Waals surface area contributed by atoms with Crippen molar-refractivity contribution in [2.75, 3.05) is 23.3 Å². The second-order valence-corrected chi connectivity index (χ2v) is 8.47. The third-order valence-corrected chi connectivity index (χ3v) is 5.93. The van der Waals surface area contributed by atoms with Crippen molar-refractivity contribution in [3.63, 3.8) is 0 Å². The molecule has 0 aliphatic carbocycles. The Bertz CT molecular complexity index is 1220. The van der Waals surface area contributed by atoms with Crippen molar-refractivity contribution in [3.05, 3.63) is 70.5 Å². The van der Waals surface area contributed by atoms with Crippen molar-refractivity contribution >= 4 is 40.7 Å². The number of primary amides is 2. The number of benzene rings is 2. The maximum atomic E-state index is 13.5. The zero-order chi connectivity index (χ0) is 24.2. The smallest absolute Gasteiger partial charge is 0.277 e. The molecule has 1 aliphatic heterocycles. The van der Waals surface area contributed by atoms with Crippen LogP contribution in [0.4, 0.5) is 11.4 Å². The van der Waals surface area contributed by atoms with Gasteiger partial charge >= 0.3 is 0 Å². The van der Waals surface area contributed by atoms with E-state index in [9.17, 15) is 14.4 Å². The Morgan fingerprint density at radius 3 is 2.32 bits per heavy atom. The van der Waals surface area contributed by atoms with Gasteiger partial charge in [0.05, 0.1) is 5.69 Å². The SMILES string of the molecule is NC(=O)CCCCNc1ccc(N2CCc3c(C(N)=O)nn(-c4ccc(Cl)cc4)c3C2=O)cc1. The normalized spacial score (nSPS) is 13.0. The third-order valence-electron chi connectivity index (χ3n) is 5.68. The molecule has 4 rings (SSSR count). The van der Waals surface area contributed by atoms with Crippen molar-refractivity contribution in [3.8, 4) is 5.69 Å². The summed E-state index contributed by atoms with van der Waals surface area (Å²) in [4.78, 5) is 38.0. The summed E-state index contributed by atoms with van der Waals surface area (Å²) in [6.07, 6.45) is 2.39. The Morgan fingerprint density at radius 1 is 1.00 bits per heavy atom. The standard InChI is InChI=1S/C24H25ClN6O3/c25-15-4-8-18(9-5-15)31-22-19(21(29-31)23(27)33)12-14-30(24(22)34)17-10-6-16(7-11-17)28-13-2-1-3-20(26)32/h4-11,28H,1-3,12-14H2,(H2,26,32)(H2,27,33). The van der Waals surface area contributed by atoms with Gasteiger partial charge < -0.3 is 21.7 Å². The van der Waals surface area contributed by atoms with Gasteiger partial charge in [-0.05, 0) is 67.8 Å². The molecule has 0 fully saturated rings. The molecule has 0 saturated carbocycles. The summed E-state index contributed by atoms with van der Waals surface area (Å²) in [6.45, 7) is 1.12. The van der Waals surface area contributed by atoms with Gasteiger partial charge in [-0.2, -0.15) is 5.10 Å². The van der Waals surface area contributed by atoms with Crippen molar-refractivity contribution in [1.82, 2.24) is 9.78 Å². The summed E-state index contributed by atoms with van der Waals surface area (Å²) < 4.78 is 1.46. The zero-order valence-electron chi connectivity index (χ0n) is 18.5. The molecule has 0 atom stereocenters. The molecule has 3 amide bonds. The van der Waals surface area contributed by atoms with Crippen LogP contribution in [0.15, 0.2) is 48.5 Å². The highest BCUT2D eigenvalue weighted by molar-refractivity contribution is 6.30. The van der Waals surface area contributed by atoms with Crippen LogP contribution in [0.25, 0.3) is 5.69 Å². The van der Waals surface area contributed by atoms with Gasteiger partial charge in [0.2, 0.25) is 5.91 Å². The maximum Gasteiger partial charge on any atom is 0.277 e. The monoisotopic (exact) mass is 480 g/mol. The van der Waals surface area contributed by atoms with Gasteiger partial charge in [-0.1, -0.05) is 11.6 Å². The van der Waals surface area contributed by atoms with Crippen molar-refractivity contribution in [2.45, 2.75) is 25.7 Å². The largest absolute Gasteiger partial charge is 0.385 e. The van der Waals surface area contributed by atoms with Crippen LogP contribution in [0, 0.1) is 0 Å². The van der Waals surface area contributed by atoms with Gasteiger partial charge in [-0.25, -0.2) is 4.68 Å². The van der Waals surface area contributed by atoms with Crippen LogP contribution in [0.1, 0.15) is 45.8 Å². The number of unbranched alkanes of at least 4 members (excludes halogenated alkanes) is 1. The molecule has 34 heavy (non-hydrogen) atoms. The zero-order valence-corrected chi connectivity index (χ0v) is 19.2. The molecule has 2 heterocycles. The number of halogens is 1. The highest BCUT2D eigenvalue weighted by Gasteiger charge is 2.34. The molecule has 2 aromatic carbocycles. The van der Waals surface area contributed by atoms with E-state index in [1.165, 1.54) is 4.68 Å². The molecule has 0 saturated heterocycles. The number of carbonyl (C=O) groups is 3. The number of carbonyl (C=O) groups excluding carboxylic acids is 3. The lowest BCUT2D eigenvalue weighted by Gasteiger charge is -2.28. The summed E-state index contributed by atoms with van der Waals surface area (Å²) in [7, 11) is 0. The highest BCUT2D eigenvalue weighted by Crippen LogP contribution is 2.29. The Labute approximate surface area is 201 Å². The average Bonchev–Trinajstić information content (AvgIpc) is 3.21. The summed E-state index contributed by atoms with van der Waals surface area (Å²) in [5, 5.41) is 8.20. The Kier molecular flexibility index (Phi) is 6.83. The van der Waals surface area contributed by atoms with E-state index < -0.39 is 5.91 Å². The van der Waals surface area contributed by atoms with E-state index >= 15 is 0 Å². The van der Waals surface area contributed by atoms with Gasteiger partial charge in [0.1, 0.15) is 5.69 Å². The Balaban J connectivity index is 1.54. The van der Waals surface area contributed by atoms with Gasteiger partial charge in [-0.3, -0.25) is 14.4 Å². The first-order chi connectivity index (χ1) is 16.3. The first kappa shape index (κ1) is 23.3. The highest BCUT2D eigenvalue weighted by atomic mass is 35.5. The lowest BCUT2D eigenvalue weighted by molar-refractivity contribution is -0.118. The summed E-state index contributed by atoms with van der Waals surface area (Å²) >= 11 is 6.00. The lowest BCUT2D eigenvalue weighted by atomic mass is 10.0. The molecule has 1 aliphatic rings. The van der Waals surface area contributed by atoms with Crippen LogP contribution in [-0.4, -0.2) is 40.6 Å². The number of hydrogen-bond donors (Lipinski definition) is 3. The Morgan fingerprint density at radius 2 is 1.68 bits per heavy atom. The van der Waals surface area contributed by atoms with E-state index in [1.807, 2.05) is 24.3 Å². The van der Waals surface area contributed by atoms with E-state index in [0.717, 1.165) is 30.8 Å². The molecule has 9 nitrogen and oxygen atoms in total. The number of fused-ring (bicyclic) bond motifs is 1. The van der Waals surface area contributed by atoms with Gasteiger partial charge in [0, 0.05) is 41.5 Å². The fourth-order valence-electron chi connectivity index (χ4n) is 3.99. The number of nitrogens with one attached hydrogen (secondary N) is 1. The molecule has 1 aromatic heterocycles. The average molecular weight is 481 g/mol. The van der Waals surface area contributed by atoms with Crippen molar-refractivity contribution < 1.29 is 14.4 Å². The van der Waals surface area contributed by atoms with Crippen molar-refractivity contribution in [1.29, 1.82) is 0 Å². The van der Waals surface area contributed by atoms with Crippen LogP contribution in [0.3, 0.4) is 0 Å². The van der Waals surface area contributed by atoms with Crippen LogP contribution < -0.4 is 21.7 Å². The quantitative estimate of drug-likeness (QED) is 0.404. The minimum atomic E-state index is -0.670. The van der Waals surface area contributed by atoms with Gasteiger partial charge in [-0.15, -0.1) is 0 Å². The molecular weight excluding hydrogens is 456 g/mol. The molecule has 0 unspecified atom stereocenters. The van der Waals surface area contributed by atoms with E-state index in [-0.39, 0.29) is 17.5 Å². The van der Waals surface area contributed by atoms with Gasteiger partial charge in [0.25, 0.3) is 11.8 Å². The Hall–Kier alpha value is -3.85. The van der Waals surface area contributed by atoms with E-state index in [1.54, 1.807) is 29.2 Å². The number of aromatic nitrogens is 2. The van der Waals surface area contributed by atoms with Crippen molar-refractivity contribution in [2.24, 2.45) is 11.5 Å². The first-order valence-corrected chi connectivity index (χ1v) is 11.3. The molecule has 0 bridgehead atoms. The number of anilines is 2. The number of hydrogen-bond acceptors (Lipinski definition) is 5. The number of amides is 3. The summed E-state index contributed by atoms with van der Waals surface area (Å²) in [6, 6.07) is 14.4. The molecule has 0 radical (unpaired) electrons. The number of nitrogens with two attached hydrogens (primary N) is 2. The summed E-state index contributed by atoms with van der Waals surface area (Å²) in [5.41, 5.74) is 13.9. The topological polar surface area (TPSA) is 136 Å². The number of nitrogens with zero attached hydrogens (tertiary/aromatic N) is 3. The molecule has 3 aromatic rings. The fraction of sp³-hybridized carbons (Fsp3) is 0.250. The maximum absolute atomic E-state index is 13.5. The second-order valence-electron chi connectivity index (χ2n) is 8.03. The molecule has 176 valence electrons. The number of rotatable bonds is 9. The first-order valence-electron chi connectivity index (χ1n) is 11.0. The predicted octanol–water partition coefficient (Wildman–Crippen LogP) is 2.90. The van der Waals surface area contributed by atoms with Crippen LogP contribution in [0.2, 0.25) is 5.02 Å². The molecule has 0 spiro atoms. The van der Waals surface area contributed by atoms with E-state index in [0.29, 0.717) is 41.4 Å². The van der Waals surface area contributed by atoms with Crippen LogP contribution >= 0.6 is 11.6 Å². The minimum absolute atomic E-state index is 0.105. The second kappa shape index (κ2) is 9.96. The third kappa shape index (κ3) is 4.89. The fourth-order valence-corrected chi connectivity index (χ4v) is 4.12. The van der Waals surface area contributed by atoms with E-state index in [2.05, 4.69) is 10.4 Å². The van der Waals surface area contributed by atoms with Gasteiger partial charge in [0.15, 0.2) is 5.69 Å². The summed E-state index contributed by atoms with van der Waals surface area (Å²) in [5.74, 6) is -1.22. The molecule has 5 N–H and O–H groups in total. The minimum Gasteiger partial charge on any atom is -0.385 e.